The van der Waals surface area contributed by atoms with Crippen molar-refractivity contribution in [3.05, 3.63) is 119 Å². The molecule has 0 spiro atoms. The summed E-state index contributed by atoms with van der Waals surface area (Å²) in [5.41, 5.74) is 4.51. The number of rotatable bonds is 9. The molecule has 2 aromatic carbocycles. The molecule has 4 heterocycles. The topological polar surface area (TPSA) is 99.1 Å². The van der Waals surface area contributed by atoms with Gasteiger partial charge in [-0.15, -0.1) is 0 Å². The van der Waals surface area contributed by atoms with Crippen LogP contribution in [-0.2, 0) is 13.1 Å². The van der Waals surface area contributed by atoms with Crippen LogP contribution < -0.4 is 4.74 Å². The predicted molar refractivity (Wildman–Crippen MR) is 162 cm³/mol. The molecule has 0 aliphatic carbocycles. The van der Waals surface area contributed by atoms with Crippen LogP contribution in [0.15, 0.2) is 91.3 Å². The number of likely N-dealkylation sites (tertiary alicyclic amines) is 1. The van der Waals surface area contributed by atoms with E-state index in [9.17, 15) is 9.59 Å². The SMILES string of the molecule is Cc1nc(Oc2ccc(C(=O)O)cc2)ccc1CN1CCC(N2C(=O)N(Cc3ccncc3)CC2c2ccccc2)CC1. The lowest BCUT2D eigenvalue weighted by Gasteiger charge is -2.39. The molecule has 220 valence electrons. The van der Waals surface area contributed by atoms with E-state index in [4.69, 9.17) is 9.84 Å². The smallest absolute Gasteiger partial charge is 0.335 e. The van der Waals surface area contributed by atoms with Gasteiger partial charge in [0.05, 0.1) is 11.6 Å². The molecular formula is C34H35N5O4. The maximum atomic E-state index is 13.8. The first-order valence-corrected chi connectivity index (χ1v) is 14.7. The van der Waals surface area contributed by atoms with E-state index in [1.807, 2.05) is 54.3 Å². The van der Waals surface area contributed by atoms with Gasteiger partial charge >= 0.3 is 12.0 Å². The van der Waals surface area contributed by atoms with Crippen LogP contribution in [0.4, 0.5) is 4.79 Å². The fraction of sp³-hybridized carbons (Fsp3) is 0.294. The number of aromatic carboxylic acids is 1. The van der Waals surface area contributed by atoms with E-state index in [1.165, 1.54) is 17.7 Å². The van der Waals surface area contributed by atoms with Crippen molar-refractivity contribution in [2.24, 2.45) is 0 Å². The van der Waals surface area contributed by atoms with Gasteiger partial charge in [-0.2, -0.15) is 0 Å². The Bertz CT molecular complexity index is 1560. The van der Waals surface area contributed by atoms with Gasteiger partial charge in [-0.25, -0.2) is 14.6 Å². The Morgan fingerprint density at radius 3 is 2.33 bits per heavy atom. The highest BCUT2D eigenvalue weighted by Crippen LogP contribution is 2.35. The summed E-state index contributed by atoms with van der Waals surface area (Å²) < 4.78 is 5.85. The average molecular weight is 578 g/mol. The van der Waals surface area contributed by atoms with Gasteiger partial charge in [0.25, 0.3) is 0 Å². The van der Waals surface area contributed by atoms with Gasteiger partial charge in [0.1, 0.15) is 5.75 Å². The summed E-state index contributed by atoms with van der Waals surface area (Å²) in [6.45, 7) is 5.81. The molecule has 43 heavy (non-hydrogen) atoms. The van der Waals surface area contributed by atoms with Crippen molar-refractivity contribution in [1.29, 1.82) is 0 Å². The molecule has 9 nitrogen and oxygen atoms in total. The van der Waals surface area contributed by atoms with Crippen LogP contribution in [0.5, 0.6) is 11.6 Å². The number of ether oxygens (including phenoxy) is 1. The van der Waals surface area contributed by atoms with Gasteiger partial charge in [-0.1, -0.05) is 36.4 Å². The van der Waals surface area contributed by atoms with E-state index in [-0.39, 0.29) is 23.7 Å². The van der Waals surface area contributed by atoms with Gasteiger partial charge in [-0.05, 0) is 72.9 Å². The molecule has 1 unspecified atom stereocenters. The van der Waals surface area contributed by atoms with Gasteiger partial charge in [0, 0.05) is 62.9 Å². The van der Waals surface area contributed by atoms with E-state index >= 15 is 0 Å². The third-order valence-corrected chi connectivity index (χ3v) is 8.37. The number of urea groups is 1. The Hall–Kier alpha value is -4.76. The summed E-state index contributed by atoms with van der Waals surface area (Å²) in [6.07, 6.45) is 5.38. The van der Waals surface area contributed by atoms with Gasteiger partial charge in [0.2, 0.25) is 5.88 Å². The number of carbonyl (C=O) groups excluding carboxylic acids is 1. The van der Waals surface area contributed by atoms with E-state index < -0.39 is 5.97 Å². The number of hydrogen-bond donors (Lipinski definition) is 1. The third kappa shape index (κ3) is 6.52. The zero-order chi connectivity index (χ0) is 29.8. The summed E-state index contributed by atoms with van der Waals surface area (Å²) in [6, 6.07) is 24.8. The summed E-state index contributed by atoms with van der Waals surface area (Å²) in [5, 5.41) is 9.09. The average Bonchev–Trinajstić information content (AvgIpc) is 3.35. The van der Waals surface area contributed by atoms with E-state index in [2.05, 4.69) is 31.9 Å². The lowest BCUT2D eigenvalue weighted by molar-refractivity contribution is 0.0696. The van der Waals surface area contributed by atoms with Crippen LogP contribution in [0, 0.1) is 6.92 Å². The highest BCUT2D eigenvalue weighted by Gasteiger charge is 2.42. The number of pyridine rings is 2. The van der Waals surface area contributed by atoms with Crippen LogP contribution in [0.3, 0.4) is 0 Å². The molecule has 2 saturated heterocycles. The highest BCUT2D eigenvalue weighted by molar-refractivity contribution is 5.87. The van der Waals surface area contributed by atoms with Crippen molar-refractivity contribution >= 4 is 12.0 Å². The van der Waals surface area contributed by atoms with Crippen molar-refractivity contribution in [3.8, 4) is 11.6 Å². The maximum absolute atomic E-state index is 13.8. The number of benzene rings is 2. The molecule has 1 atom stereocenters. The number of nitrogens with zero attached hydrogens (tertiary/aromatic N) is 5. The number of hydrogen-bond acceptors (Lipinski definition) is 6. The molecule has 9 heteroatoms. The molecule has 2 aliphatic heterocycles. The molecule has 0 radical (unpaired) electrons. The van der Waals surface area contributed by atoms with Crippen LogP contribution in [-0.4, -0.2) is 67.5 Å². The summed E-state index contributed by atoms with van der Waals surface area (Å²) in [5.74, 6) is 0.0371. The quantitative estimate of drug-likeness (QED) is 0.264. The summed E-state index contributed by atoms with van der Waals surface area (Å²) in [7, 11) is 0. The van der Waals surface area contributed by atoms with Crippen molar-refractivity contribution < 1.29 is 19.4 Å². The molecule has 2 fully saturated rings. The van der Waals surface area contributed by atoms with Crippen LogP contribution >= 0.6 is 0 Å². The molecule has 1 N–H and O–H groups in total. The number of carboxylic acid groups (broad SMARTS) is 1. The van der Waals surface area contributed by atoms with Gasteiger partial charge in [-0.3, -0.25) is 9.88 Å². The van der Waals surface area contributed by atoms with Crippen LogP contribution in [0.25, 0.3) is 0 Å². The molecular weight excluding hydrogens is 542 g/mol. The Labute approximate surface area is 251 Å². The number of carbonyl (C=O) groups is 2. The third-order valence-electron chi connectivity index (χ3n) is 8.37. The largest absolute Gasteiger partial charge is 0.478 e. The minimum atomic E-state index is -0.972. The molecule has 2 aromatic heterocycles. The first-order valence-electron chi connectivity index (χ1n) is 14.7. The number of amides is 2. The van der Waals surface area contributed by atoms with Crippen molar-refractivity contribution in [2.45, 2.75) is 44.9 Å². The van der Waals surface area contributed by atoms with Crippen molar-refractivity contribution in [1.82, 2.24) is 24.7 Å². The minimum Gasteiger partial charge on any atom is -0.478 e. The Morgan fingerprint density at radius 2 is 1.65 bits per heavy atom. The molecule has 2 aliphatic rings. The number of aryl methyl sites for hydroxylation is 1. The standard InChI is InChI=1S/C34H35N5O4/c1-24-28(9-12-32(36-24)43-30-10-7-27(8-11-30)33(40)41)22-37-19-15-29(16-20-37)39-31(26-5-3-2-4-6-26)23-38(34(39)42)21-25-13-17-35-18-14-25/h2-14,17-18,29,31H,15-16,19-23H2,1H3,(H,40,41). The zero-order valence-corrected chi connectivity index (χ0v) is 24.2. The Balaban J connectivity index is 1.09. The van der Waals surface area contributed by atoms with Crippen molar-refractivity contribution in [3.63, 3.8) is 0 Å². The van der Waals surface area contributed by atoms with Gasteiger partial charge in [0.15, 0.2) is 0 Å². The highest BCUT2D eigenvalue weighted by atomic mass is 16.5. The lowest BCUT2D eigenvalue weighted by Crippen LogP contribution is -2.47. The Morgan fingerprint density at radius 1 is 0.930 bits per heavy atom. The Kier molecular flexibility index (Phi) is 8.33. The first-order chi connectivity index (χ1) is 20.9. The van der Waals surface area contributed by atoms with E-state index in [0.717, 1.165) is 49.3 Å². The minimum absolute atomic E-state index is 0.0337. The number of piperidine rings is 1. The predicted octanol–water partition coefficient (Wildman–Crippen LogP) is 5.92. The second-order valence-electron chi connectivity index (χ2n) is 11.2. The zero-order valence-electron chi connectivity index (χ0n) is 24.2. The molecule has 2 amide bonds. The fourth-order valence-corrected chi connectivity index (χ4v) is 6.04. The molecule has 0 saturated carbocycles. The first kappa shape index (κ1) is 28.4. The van der Waals surface area contributed by atoms with E-state index in [0.29, 0.717) is 24.7 Å². The number of aromatic nitrogens is 2. The second-order valence-corrected chi connectivity index (χ2v) is 11.2. The number of carboxylic acids is 1. The second kappa shape index (κ2) is 12.6. The summed E-state index contributed by atoms with van der Waals surface area (Å²) >= 11 is 0. The normalized spacial score (nSPS) is 17.8. The lowest BCUT2D eigenvalue weighted by atomic mass is 9.98. The fourth-order valence-electron chi connectivity index (χ4n) is 6.04. The van der Waals surface area contributed by atoms with Crippen LogP contribution in [0.1, 0.15) is 51.6 Å². The molecule has 6 rings (SSSR count). The summed E-state index contributed by atoms with van der Waals surface area (Å²) in [4.78, 5) is 40.2. The van der Waals surface area contributed by atoms with E-state index in [1.54, 1.807) is 24.5 Å². The molecule has 0 bridgehead atoms. The van der Waals surface area contributed by atoms with Gasteiger partial charge < -0.3 is 19.6 Å². The maximum Gasteiger partial charge on any atom is 0.335 e. The van der Waals surface area contributed by atoms with Crippen molar-refractivity contribution in [2.75, 3.05) is 19.6 Å². The van der Waals surface area contributed by atoms with Crippen LogP contribution in [0.2, 0.25) is 0 Å². The monoisotopic (exact) mass is 577 g/mol. The molecule has 4 aromatic rings.